The number of hydrogen-bond donors (Lipinski definition) is 2. The Morgan fingerprint density at radius 1 is 1.00 bits per heavy atom. The second kappa shape index (κ2) is 7.91. The van der Waals surface area contributed by atoms with Crippen LogP contribution in [0.15, 0.2) is 18.2 Å². The van der Waals surface area contributed by atoms with Crippen LogP contribution in [0.4, 0.5) is 0 Å². The maximum Gasteiger partial charge on any atom is 0.0465 e. The molecular weight excluding hydrogens is 243 g/mol. The Kier molecular flexibility index (Phi) is 6.81. The minimum Gasteiger partial charge on any atom is -0.315 e. The Hall–Kier alpha value is -0.280. The van der Waals surface area contributed by atoms with Crippen molar-refractivity contribution in [3.05, 3.63) is 33.8 Å². The van der Waals surface area contributed by atoms with E-state index in [0.29, 0.717) is 6.54 Å². The molecule has 0 aromatic heterocycles. The van der Waals surface area contributed by atoms with Gasteiger partial charge in [-0.2, -0.15) is 0 Å². The van der Waals surface area contributed by atoms with Gasteiger partial charge in [0.1, 0.15) is 0 Å². The third-order valence-electron chi connectivity index (χ3n) is 2.27. The van der Waals surface area contributed by atoms with E-state index in [-0.39, 0.29) is 0 Å². The minimum absolute atomic E-state index is 0.715. The predicted octanol–water partition coefficient (Wildman–Crippen LogP) is 3.08. The molecule has 0 saturated heterocycles. The van der Waals surface area contributed by atoms with Crippen LogP contribution in [0.1, 0.15) is 18.9 Å². The summed E-state index contributed by atoms with van der Waals surface area (Å²) in [6.07, 6.45) is 1.16. The number of rotatable bonds is 7. The average Bonchev–Trinajstić information content (AvgIpc) is 2.26. The van der Waals surface area contributed by atoms with Gasteiger partial charge < -0.3 is 10.6 Å². The molecule has 0 spiro atoms. The Labute approximate surface area is 107 Å². The van der Waals surface area contributed by atoms with Gasteiger partial charge in [-0.3, -0.25) is 0 Å². The number of halogens is 2. The lowest BCUT2D eigenvalue weighted by molar-refractivity contribution is 0.607. The third kappa shape index (κ3) is 4.71. The van der Waals surface area contributed by atoms with Crippen LogP contribution in [0, 0.1) is 0 Å². The van der Waals surface area contributed by atoms with Gasteiger partial charge >= 0.3 is 0 Å². The zero-order valence-corrected chi connectivity index (χ0v) is 11.0. The lowest BCUT2D eigenvalue weighted by Crippen LogP contribution is -2.27. The molecule has 1 rings (SSSR count). The fraction of sp³-hybridized carbons (Fsp3) is 0.500. The monoisotopic (exact) mass is 260 g/mol. The molecule has 0 heterocycles. The topological polar surface area (TPSA) is 24.1 Å². The van der Waals surface area contributed by atoms with Crippen molar-refractivity contribution >= 4 is 23.2 Å². The molecule has 0 saturated carbocycles. The summed E-state index contributed by atoms with van der Waals surface area (Å²) < 4.78 is 0. The number of benzene rings is 1. The highest BCUT2D eigenvalue weighted by Crippen LogP contribution is 2.23. The Balaban J connectivity index is 2.26. The second-order valence-corrected chi connectivity index (χ2v) is 4.44. The molecule has 4 heteroatoms. The highest BCUT2D eigenvalue weighted by molar-refractivity contribution is 6.35. The number of hydrogen-bond acceptors (Lipinski definition) is 2. The molecule has 0 aliphatic heterocycles. The first-order valence-corrected chi connectivity index (χ1v) is 6.35. The summed E-state index contributed by atoms with van der Waals surface area (Å²) in [5.74, 6) is 0. The molecule has 0 amide bonds. The predicted molar refractivity (Wildman–Crippen MR) is 71.3 cm³/mol. The Morgan fingerprint density at radius 2 is 1.62 bits per heavy atom. The van der Waals surface area contributed by atoms with Crippen LogP contribution in [0.5, 0.6) is 0 Å². The maximum atomic E-state index is 6.05. The average molecular weight is 261 g/mol. The van der Waals surface area contributed by atoms with Gasteiger partial charge in [0.15, 0.2) is 0 Å². The van der Waals surface area contributed by atoms with E-state index in [1.165, 1.54) is 0 Å². The van der Waals surface area contributed by atoms with Crippen molar-refractivity contribution in [3.63, 3.8) is 0 Å². The van der Waals surface area contributed by atoms with Crippen molar-refractivity contribution in [2.24, 2.45) is 0 Å². The summed E-state index contributed by atoms with van der Waals surface area (Å²) in [7, 11) is 0. The molecule has 0 radical (unpaired) electrons. The van der Waals surface area contributed by atoms with Crippen LogP contribution in [0.25, 0.3) is 0 Å². The van der Waals surface area contributed by atoms with Crippen molar-refractivity contribution in [2.45, 2.75) is 19.9 Å². The van der Waals surface area contributed by atoms with Crippen molar-refractivity contribution in [3.8, 4) is 0 Å². The van der Waals surface area contributed by atoms with Gasteiger partial charge in [0.05, 0.1) is 0 Å². The molecule has 90 valence electrons. The SMILES string of the molecule is CCCNCCNCc1c(Cl)cccc1Cl. The van der Waals surface area contributed by atoms with Crippen molar-refractivity contribution < 1.29 is 0 Å². The fourth-order valence-corrected chi connectivity index (χ4v) is 1.92. The molecule has 1 aromatic rings. The van der Waals surface area contributed by atoms with Crippen LogP contribution in [0.3, 0.4) is 0 Å². The van der Waals surface area contributed by atoms with E-state index in [0.717, 1.165) is 41.7 Å². The second-order valence-electron chi connectivity index (χ2n) is 3.63. The van der Waals surface area contributed by atoms with E-state index in [1.54, 1.807) is 0 Å². The summed E-state index contributed by atoms with van der Waals surface area (Å²) in [5, 5.41) is 8.08. The van der Waals surface area contributed by atoms with E-state index in [9.17, 15) is 0 Å². The van der Waals surface area contributed by atoms with Crippen molar-refractivity contribution in [1.82, 2.24) is 10.6 Å². The van der Waals surface area contributed by atoms with Crippen LogP contribution in [-0.4, -0.2) is 19.6 Å². The van der Waals surface area contributed by atoms with Gasteiger partial charge in [0.25, 0.3) is 0 Å². The highest BCUT2D eigenvalue weighted by atomic mass is 35.5. The molecule has 0 atom stereocenters. The van der Waals surface area contributed by atoms with Gasteiger partial charge in [-0.25, -0.2) is 0 Å². The van der Waals surface area contributed by atoms with E-state index in [4.69, 9.17) is 23.2 Å². The molecule has 0 fully saturated rings. The molecule has 1 aromatic carbocycles. The van der Waals surface area contributed by atoms with Gasteiger partial charge in [-0.1, -0.05) is 36.2 Å². The summed E-state index contributed by atoms with van der Waals surface area (Å²) in [6, 6.07) is 5.58. The molecule has 0 bridgehead atoms. The standard InChI is InChI=1S/C12H18Cl2N2/c1-2-6-15-7-8-16-9-10-11(13)4-3-5-12(10)14/h3-5,15-16H,2,6-9H2,1H3. The first kappa shape index (κ1) is 13.8. The Bertz CT molecular complexity index is 296. The summed E-state index contributed by atoms with van der Waals surface area (Å²) in [6.45, 7) is 5.82. The van der Waals surface area contributed by atoms with Gasteiger partial charge in [0, 0.05) is 35.2 Å². The van der Waals surface area contributed by atoms with Crippen LogP contribution in [-0.2, 0) is 6.54 Å². The van der Waals surface area contributed by atoms with E-state index >= 15 is 0 Å². The summed E-state index contributed by atoms with van der Waals surface area (Å²) in [4.78, 5) is 0. The molecule has 2 nitrogen and oxygen atoms in total. The van der Waals surface area contributed by atoms with E-state index in [2.05, 4.69) is 17.6 Å². The normalized spacial score (nSPS) is 10.7. The number of nitrogens with one attached hydrogen (secondary N) is 2. The first-order chi connectivity index (χ1) is 7.75. The maximum absolute atomic E-state index is 6.05. The Morgan fingerprint density at radius 3 is 2.25 bits per heavy atom. The lowest BCUT2D eigenvalue weighted by atomic mass is 10.2. The minimum atomic E-state index is 0.715. The highest BCUT2D eigenvalue weighted by Gasteiger charge is 2.03. The quantitative estimate of drug-likeness (QED) is 0.737. The molecule has 0 aliphatic carbocycles. The third-order valence-corrected chi connectivity index (χ3v) is 2.98. The van der Waals surface area contributed by atoms with Crippen LogP contribution in [0.2, 0.25) is 10.0 Å². The largest absolute Gasteiger partial charge is 0.315 e. The van der Waals surface area contributed by atoms with Crippen LogP contribution >= 0.6 is 23.2 Å². The molecule has 16 heavy (non-hydrogen) atoms. The summed E-state index contributed by atoms with van der Waals surface area (Å²) in [5.41, 5.74) is 0.973. The van der Waals surface area contributed by atoms with Crippen molar-refractivity contribution in [1.29, 1.82) is 0 Å². The van der Waals surface area contributed by atoms with Crippen LogP contribution < -0.4 is 10.6 Å². The molecular formula is C12H18Cl2N2. The van der Waals surface area contributed by atoms with Crippen molar-refractivity contribution in [2.75, 3.05) is 19.6 Å². The van der Waals surface area contributed by atoms with E-state index in [1.807, 2.05) is 18.2 Å². The fourth-order valence-electron chi connectivity index (χ4n) is 1.39. The van der Waals surface area contributed by atoms with E-state index < -0.39 is 0 Å². The molecule has 0 unspecified atom stereocenters. The molecule has 0 aliphatic rings. The zero-order valence-electron chi connectivity index (χ0n) is 9.52. The smallest absolute Gasteiger partial charge is 0.0465 e. The van der Waals surface area contributed by atoms with Gasteiger partial charge in [-0.15, -0.1) is 0 Å². The summed E-state index contributed by atoms with van der Waals surface area (Å²) >= 11 is 12.1. The van der Waals surface area contributed by atoms with Gasteiger partial charge in [0.2, 0.25) is 0 Å². The lowest BCUT2D eigenvalue weighted by Gasteiger charge is -2.09. The molecule has 2 N–H and O–H groups in total. The van der Waals surface area contributed by atoms with Gasteiger partial charge in [-0.05, 0) is 25.1 Å². The first-order valence-electron chi connectivity index (χ1n) is 5.60. The zero-order chi connectivity index (χ0) is 11.8.